The molecule has 27 nitrogen and oxygen atoms in total. The Hall–Kier alpha value is -8.36. The Kier molecular flexibility index (Phi) is 26.3. The number of amides is 7. The summed E-state index contributed by atoms with van der Waals surface area (Å²) in [6.45, 7) is 6.36. The molecule has 2 rings (SSSR count). The van der Waals surface area contributed by atoms with Gasteiger partial charge in [-0.1, -0.05) is 64.8 Å². The van der Waals surface area contributed by atoms with Gasteiger partial charge in [0, 0.05) is 32.1 Å². The monoisotopic (exact) mass is 1070 g/mol. The summed E-state index contributed by atoms with van der Waals surface area (Å²) in [6, 6.07) is -2.46. The van der Waals surface area contributed by atoms with Crippen LogP contribution in [-0.4, -0.2) is 155 Å². The third-order valence-electron chi connectivity index (χ3n) is 12.2. The van der Waals surface area contributed by atoms with E-state index in [0.29, 0.717) is 5.56 Å². The lowest BCUT2D eigenvalue weighted by atomic mass is 9.96. The number of phenols is 2. The molecule has 7 amide bonds. The van der Waals surface area contributed by atoms with Crippen LogP contribution in [-0.2, 0) is 70.4 Å². The SMILES string of the molecule is CC[C@H](C)[C@H](NC(=O)[C@H](CCC(=O)O)NC(=O)[C@H](CC(=O)O)NC(=O)[C@H](Cc1ccc(O)cc1)NC(=O)[C@@H](NC(=O)[C@H](CCC(=O)O)NC(=O)[C@@H](N)CCC(=O)O)[C@@H](C)CC)C(=O)N[C@@H](Cc1ccc(O)cc1)C(=O)O. The molecule has 0 heterocycles. The zero-order valence-corrected chi connectivity index (χ0v) is 42.3. The Labute approximate surface area is 436 Å². The van der Waals surface area contributed by atoms with E-state index < -0.39 is 176 Å². The second kappa shape index (κ2) is 31.4. The van der Waals surface area contributed by atoms with Crippen molar-refractivity contribution in [1.82, 2.24) is 37.2 Å². The van der Waals surface area contributed by atoms with Gasteiger partial charge in [-0.2, -0.15) is 0 Å². The van der Waals surface area contributed by atoms with E-state index >= 15 is 0 Å². The molecule has 0 spiro atoms. The van der Waals surface area contributed by atoms with Crippen LogP contribution in [0.15, 0.2) is 48.5 Å². The molecule has 0 aliphatic heterocycles. The van der Waals surface area contributed by atoms with Crippen LogP contribution < -0.4 is 43.0 Å². The third kappa shape index (κ3) is 22.4. The van der Waals surface area contributed by atoms with Gasteiger partial charge < -0.3 is 78.7 Å². The molecule has 2 aromatic rings. The zero-order valence-electron chi connectivity index (χ0n) is 42.3. The van der Waals surface area contributed by atoms with Crippen molar-refractivity contribution in [1.29, 1.82) is 0 Å². The lowest BCUT2D eigenvalue weighted by molar-refractivity contribution is -0.142. The second-order valence-electron chi connectivity index (χ2n) is 18.1. The molecule has 0 unspecified atom stereocenters. The Morgan fingerprint density at radius 1 is 0.421 bits per heavy atom. The van der Waals surface area contributed by atoms with E-state index in [2.05, 4.69) is 37.2 Å². The van der Waals surface area contributed by atoms with Crippen LogP contribution in [0.4, 0.5) is 0 Å². The molecule has 76 heavy (non-hydrogen) atoms. The number of hydrogen-bond donors (Lipinski definition) is 15. The van der Waals surface area contributed by atoms with Crippen molar-refractivity contribution in [2.75, 3.05) is 0 Å². The van der Waals surface area contributed by atoms with Crippen LogP contribution in [0, 0.1) is 11.8 Å². The summed E-state index contributed by atoms with van der Waals surface area (Å²) in [5.41, 5.74) is 6.51. The Balaban J connectivity index is 2.50. The van der Waals surface area contributed by atoms with Crippen LogP contribution in [0.25, 0.3) is 0 Å². The van der Waals surface area contributed by atoms with Crippen molar-refractivity contribution in [2.45, 2.75) is 147 Å². The number of aliphatic carboxylic acids is 5. The molecule has 16 N–H and O–H groups in total. The van der Waals surface area contributed by atoms with Crippen molar-refractivity contribution in [2.24, 2.45) is 17.6 Å². The smallest absolute Gasteiger partial charge is 0.326 e. The average molecular weight is 1070 g/mol. The predicted molar refractivity (Wildman–Crippen MR) is 265 cm³/mol. The lowest BCUT2D eigenvalue weighted by Crippen LogP contribution is -2.61. The number of nitrogens with one attached hydrogen (secondary N) is 7. The minimum atomic E-state index is -2.06. The largest absolute Gasteiger partial charge is 0.508 e. The van der Waals surface area contributed by atoms with Gasteiger partial charge in [0.15, 0.2) is 0 Å². The van der Waals surface area contributed by atoms with Crippen molar-refractivity contribution < 1.29 is 93.3 Å². The molecule has 0 radical (unpaired) electrons. The van der Waals surface area contributed by atoms with Gasteiger partial charge in [0.25, 0.3) is 0 Å². The number of aromatic hydroxyl groups is 2. The fourth-order valence-electron chi connectivity index (χ4n) is 7.27. The highest BCUT2D eigenvalue weighted by Crippen LogP contribution is 2.17. The highest BCUT2D eigenvalue weighted by atomic mass is 16.4. The standard InChI is InChI=1S/C49H68N8O19/c1-5-24(3)40(56-43(69)31(16-19-37(62)63)51-42(68)30(50)15-18-36(60)61)47(73)54-33(21-26-7-11-28(58)12-8-26)45(71)53-34(23-39(66)67)46(72)52-32(17-20-38(64)65)44(70)57-41(25(4)6-2)48(74)55-35(49(75)76)22-27-9-13-29(59)14-10-27/h7-14,24-25,30-35,40-41,58-59H,5-6,15-23,50H2,1-4H3,(H,51,68)(H,52,72)(H,53,71)(H,54,73)(H,55,74)(H,56,69)(H,57,70)(H,60,61)(H,62,63)(H,64,65)(H,66,67)(H,75,76)/t24-,25-,30-,31-,32-,33-,34-,35-,40-,41-/m0/s1. The van der Waals surface area contributed by atoms with Crippen molar-refractivity contribution in [3.8, 4) is 11.5 Å². The van der Waals surface area contributed by atoms with Crippen molar-refractivity contribution in [3.05, 3.63) is 59.7 Å². The molecule has 418 valence electrons. The third-order valence-corrected chi connectivity index (χ3v) is 12.2. The number of carboxylic acid groups (broad SMARTS) is 5. The number of phenolic OH excluding ortho intramolecular Hbond substituents is 2. The normalized spacial score (nSPS) is 14.9. The van der Waals surface area contributed by atoms with Crippen LogP contribution in [0.1, 0.15) is 96.6 Å². The molecule has 10 atom stereocenters. The van der Waals surface area contributed by atoms with Gasteiger partial charge in [-0.15, -0.1) is 0 Å². The maximum atomic E-state index is 14.3. The maximum absolute atomic E-state index is 14.3. The summed E-state index contributed by atoms with van der Waals surface area (Å²) < 4.78 is 0. The van der Waals surface area contributed by atoms with E-state index in [1.54, 1.807) is 20.8 Å². The first-order valence-corrected chi connectivity index (χ1v) is 24.2. The van der Waals surface area contributed by atoms with Crippen molar-refractivity contribution >= 4 is 71.2 Å². The van der Waals surface area contributed by atoms with E-state index in [1.165, 1.54) is 55.5 Å². The predicted octanol–water partition coefficient (Wildman–Crippen LogP) is -1.15. The van der Waals surface area contributed by atoms with Crippen molar-refractivity contribution in [3.63, 3.8) is 0 Å². The maximum Gasteiger partial charge on any atom is 0.326 e. The van der Waals surface area contributed by atoms with Crippen LogP contribution >= 0.6 is 0 Å². The van der Waals surface area contributed by atoms with Gasteiger partial charge in [0.1, 0.15) is 53.8 Å². The first-order valence-electron chi connectivity index (χ1n) is 24.2. The Bertz CT molecular complexity index is 2380. The quantitative estimate of drug-likeness (QED) is 0.0393. The summed E-state index contributed by atoms with van der Waals surface area (Å²) in [5, 5.41) is 83.7. The lowest BCUT2D eigenvalue weighted by Gasteiger charge is -2.30. The number of hydrogen-bond acceptors (Lipinski definition) is 15. The van der Waals surface area contributed by atoms with Crippen LogP contribution in [0.2, 0.25) is 0 Å². The summed E-state index contributed by atoms with van der Waals surface area (Å²) in [7, 11) is 0. The average Bonchev–Trinajstić information content (AvgIpc) is 3.35. The molecule has 0 aliphatic rings. The number of nitrogens with two attached hydrogens (primary N) is 1. The summed E-state index contributed by atoms with van der Waals surface area (Å²) >= 11 is 0. The summed E-state index contributed by atoms with van der Waals surface area (Å²) in [5.74, 6) is -16.7. The van der Waals surface area contributed by atoms with Gasteiger partial charge in [-0.25, -0.2) is 4.79 Å². The zero-order chi connectivity index (χ0) is 57.4. The fourth-order valence-corrected chi connectivity index (χ4v) is 7.27. The molecule has 0 saturated heterocycles. The minimum absolute atomic E-state index is 0.0925. The van der Waals surface area contributed by atoms with E-state index in [4.69, 9.17) is 10.8 Å². The summed E-state index contributed by atoms with van der Waals surface area (Å²) in [6.07, 6.45) is -4.78. The van der Waals surface area contributed by atoms with E-state index in [1.807, 2.05) is 0 Å². The molecule has 27 heteroatoms. The first kappa shape index (κ1) is 63.8. The molecular weight excluding hydrogens is 1000 g/mol. The van der Waals surface area contributed by atoms with Crippen LogP contribution in [0.3, 0.4) is 0 Å². The fraction of sp³-hybridized carbons (Fsp3) is 0.510. The van der Waals surface area contributed by atoms with E-state index in [9.17, 15) is 88.2 Å². The van der Waals surface area contributed by atoms with E-state index in [-0.39, 0.29) is 42.7 Å². The Morgan fingerprint density at radius 3 is 1.13 bits per heavy atom. The van der Waals surface area contributed by atoms with Gasteiger partial charge >= 0.3 is 29.8 Å². The van der Waals surface area contributed by atoms with Gasteiger partial charge in [0.2, 0.25) is 41.4 Å². The van der Waals surface area contributed by atoms with Gasteiger partial charge in [0.05, 0.1) is 12.5 Å². The number of rotatable bonds is 34. The summed E-state index contributed by atoms with van der Waals surface area (Å²) in [4.78, 5) is 155. The van der Waals surface area contributed by atoms with Crippen LogP contribution in [0.5, 0.6) is 11.5 Å². The highest BCUT2D eigenvalue weighted by molar-refractivity contribution is 5.99. The number of carbonyl (C=O) groups is 12. The number of carbonyl (C=O) groups excluding carboxylic acids is 7. The molecular formula is C49H68N8O19. The molecule has 2 aromatic carbocycles. The number of benzene rings is 2. The topological polar surface area (TPSA) is 457 Å². The molecule has 0 bridgehead atoms. The van der Waals surface area contributed by atoms with Gasteiger partial charge in [-0.3, -0.25) is 52.7 Å². The Morgan fingerprint density at radius 2 is 0.750 bits per heavy atom. The van der Waals surface area contributed by atoms with E-state index in [0.717, 1.165) is 0 Å². The molecule has 0 aliphatic carbocycles. The highest BCUT2D eigenvalue weighted by Gasteiger charge is 2.37. The molecule has 0 saturated carbocycles. The van der Waals surface area contributed by atoms with Gasteiger partial charge in [-0.05, 0) is 66.5 Å². The first-order chi connectivity index (χ1) is 35.6. The minimum Gasteiger partial charge on any atom is -0.508 e. The molecule has 0 fully saturated rings. The number of carboxylic acids is 5. The second-order valence-corrected chi connectivity index (χ2v) is 18.1. The molecule has 0 aromatic heterocycles.